The number of hydrogen-bond donors (Lipinski definition) is 0. The number of pyridine rings is 2. The maximum Gasteiger partial charge on any atom is 0.255 e. The number of carbonyl (C=O) groups excluding carboxylic acids is 1. The molecule has 3 aromatic rings. The highest BCUT2D eigenvalue weighted by Crippen LogP contribution is 2.15. The summed E-state index contributed by atoms with van der Waals surface area (Å²) in [4.78, 5) is 33.5. The van der Waals surface area contributed by atoms with Gasteiger partial charge in [-0.2, -0.15) is 0 Å². The maximum absolute atomic E-state index is 12.9. The van der Waals surface area contributed by atoms with E-state index < -0.39 is 0 Å². The zero-order chi connectivity index (χ0) is 18.6. The van der Waals surface area contributed by atoms with Gasteiger partial charge in [-0.05, 0) is 30.3 Å². The van der Waals surface area contributed by atoms with Crippen LogP contribution in [0.5, 0.6) is 0 Å². The van der Waals surface area contributed by atoms with Gasteiger partial charge in [0.1, 0.15) is 5.82 Å². The van der Waals surface area contributed by atoms with Crippen molar-refractivity contribution in [2.75, 3.05) is 31.1 Å². The first-order valence-electron chi connectivity index (χ1n) is 8.96. The Hall–Kier alpha value is -3.41. The molecule has 4 rings (SSSR count). The fourth-order valence-corrected chi connectivity index (χ4v) is 3.27. The van der Waals surface area contributed by atoms with Gasteiger partial charge in [0.15, 0.2) is 0 Å². The number of amides is 1. The van der Waals surface area contributed by atoms with Gasteiger partial charge in [-0.3, -0.25) is 14.2 Å². The van der Waals surface area contributed by atoms with E-state index in [4.69, 9.17) is 0 Å². The number of carbonyl (C=O) groups is 1. The lowest BCUT2D eigenvalue weighted by Crippen LogP contribution is -2.49. The van der Waals surface area contributed by atoms with Crippen molar-refractivity contribution in [1.82, 2.24) is 14.5 Å². The average Bonchev–Trinajstić information content (AvgIpc) is 2.75. The first-order valence-corrected chi connectivity index (χ1v) is 8.96. The second-order valence-electron chi connectivity index (χ2n) is 6.43. The molecular weight excluding hydrogens is 340 g/mol. The van der Waals surface area contributed by atoms with Crippen LogP contribution in [0.2, 0.25) is 0 Å². The number of benzene rings is 1. The van der Waals surface area contributed by atoms with Crippen molar-refractivity contribution < 1.29 is 4.79 Å². The number of hydrogen-bond acceptors (Lipinski definition) is 4. The predicted octanol–water partition coefficient (Wildman–Crippen LogP) is 2.19. The van der Waals surface area contributed by atoms with Gasteiger partial charge in [0.2, 0.25) is 0 Å². The Balaban J connectivity index is 1.50. The lowest BCUT2D eigenvalue weighted by molar-refractivity contribution is 0.0746. The van der Waals surface area contributed by atoms with Crippen molar-refractivity contribution in [1.29, 1.82) is 0 Å². The first-order chi connectivity index (χ1) is 13.2. The van der Waals surface area contributed by atoms with Gasteiger partial charge < -0.3 is 9.80 Å². The Morgan fingerprint density at radius 3 is 2.30 bits per heavy atom. The Kier molecular flexibility index (Phi) is 4.70. The van der Waals surface area contributed by atoms with Crippen LogP contribution in [0.15, 0.2) is 77.9 Å². The fourth-order valence-electron chi connectivity index (χ4n) is 3.27. The van der Waals surface area contributed by atoms with Crippen LogP contribution in [-0.4, -0.2) is 46.5 Å². The van der Waals surface area contributed by atoms with E-state index in [1.807, 2.05) is 53.4 Å². The average molecular weight is 360 g/mol. The highest BCUT2D eigenvalue weighted by Gasteiger charge is 2.23. The van der Waals surface area contributed by atoms with Crippen molar-refractivity contribution >= 4 is 11.7 Å². The molecule has 1 aromatic carbocycles. The summed E-state index contributed by atoms with van der Waals surface area (Å²) in [6, 6.07) is 18.2. The topological polar surface area (TPSA) is 58.4 Å². The largest absolute Gasteiger partial charge is 0.353 e. The van der Waals surface area contributed by atoms with Gasteiger partial charge in [0.25, 0.3) is 11.5 Å². The van der Waals surface area contributed by atoms with Gasteiger partial charge >= 0.3 is 0 Å². The van der Waals surface area contributed by atoms with E-state index in [1.165, 1.54) is 10.6 Å². The van der Waals surface area contributed by atoms with Crippen LogP contribution in [0, 0.1) is 0 Å². The quantitative estimate of drug-likeness (QED) is 0.718. The van der Waals surface area contributed by atoms with Crippen LogP contribution in [0.1, 0.15) is 10.4 Å². The van der Waals surface area contributed by atoms with Crippen LogP contribution in [-0.2, 0) is 0 Å². The minimum Gasteiger partial charge on any atom is -0.353 e. The summed E-state index contributed by atoms with van der Waals surface area (Å²) in [7, 11) is 0. The zero-order valence-electron chi connectivity index (χ0n) is 14.9. The number of anilines is 1. The van der Waals surface area contributed by atoms with Crippen molar-refractivity contribution in [3.63, 3.8) is 0 Å². The molecule has 3 heterocycles. The zero-order valence-corrected chi connectivity index (χ0v) is 14.9. The predicted molar refractivity (Wildman–Crippen MR) is 104 cm³/mol. The molecule has 136 valence electrons. The molecule has 0 saturated carbocycles. The third-order valence-corrected chi connectivity index (χ3v) is 4.73. The molecule has 1 aliphatic rings. The Bertz CT molecular complexity index is 978. The second kappa shape index (κ2) is 7.45. The summed E-state index contributed by atoms with van der Waals surface area (Å²) in [5.74, 6) is 0.877. The minimum atomic E-state index is -0.155. The van der Waals surface area contributed by atoms with Crippen molar-refractivity contribution in [3.05, 3.63) is 89.0 Å². The summed E-state index contributed by atoms with van der Waals surface area (Å²) < 4.78 is 1.51. The van der Waals surface area contributed by atoms with Crippen molar-refractivity contribution in [2.45, 2.75) is 0 Å². The normalized spacial score (nSPS) is 14.2. The molecule has 0 bridgehead atoms. The van der Waals surface area contributed by atoms with Crippen LogP contribution >= 0.6 is 0 Å². The molecular formula is C21H20N4O2. The minimum absolute atomic E-state index is 0.0552. The van der Waals surface area contributed by atoms with Gasteiger partial charge in [-0.1, -0.05) is 24.3 Å². The van der Waals surface area contributed by atoms with E-state index in [9.17, 15) is 9.59 Å². The molecule has 1 aliphatic heterocycles. The van der Waals surface area contributed by atoms with E-state index >= 15 is 0 Å². The lowest BCUT2D eigenvalue weighted by Gasteiger charge is -2.35. The smallest absolute Gasteiger partial charge is 0.255 e. The first kappa shape index (κ1) is 17.0. The molecule has 1 amide bonds. The summed E-state index contributed by atoms with van der Waals surface area (Å²) >= 11 is 0. The highest BCUT2D eigenvalue weighted by molar-refractivity contribution is 5.94. The third-order valence-electron chi connectivity index (χ3n) is 4.73. The van der Waals surface area contributed by atoms with Crippen LogP contribution in [0.4, 0.5) is 5.82 Å². The van der Waals surface area contributed by atoms with Crippen LogP contribution in [0.3, 0.4) is 0 Å². The maximum atomic E-state index is 12.9. The Labute approximate surface area is 157 Å². The summed E-state index contributed by atoms with van der Waals surface area (Å²) in [5, 5.41) is 0. The van der Waals surface area contributed by atoms with E-state index in [1.54, 1.807) is 18.5 Å². The van der Waals surface area contributed by atoms with E-state index in [0.29, 0.717) is 18.7 Å². The summed E-state index contributed by atoms with van der Waals surface area (Å²) in [6.07, 6.45) is 3.41. The molecule has 0 radical (unpaired) electrons. The molecule has 0 N–H and O–H groups in total. The number of aromatic nitrogens is 2. The highest BCUT2D eigenvalue weighted by atomic mass is 16.2. The van der Waals surface area contributed by atoms with Crippen LogP contribution in [0.25, 0.3) is 5.69 Å². The van der Waals surface area contributed by atoms with Crippen molar-refractivity contribution in [3.8, 4) is 5.69 Å². The molecule has 0 aliphatic carbocycles. The number of para-hydroxylation sites is 1. The molecule has 1 saturated heterocycles. The number of piperazine rings is 1. The number of rotatable bonds is 3. The van der Waals surface area contributed by atoms with Gasteiger partial charge in [0.05, 0.1) is 5.56 Å². The van der Waals surface area contributed by atoms with Gasteiger partial charge in [-0.25, -0.2) is 4.98 Å². The molecule has 0 atom stereocenters. The third kappa shape index (κ3) is 3.60. The molecule has 6 heteroatoms. The van der Waals surface area contributed by atoms with Gasteiger partial charge in [-0.15, -0.1) is 0 Å². The molecule has 6 nitrogen and oxygen atoms in total. The molecule has 27 heavy (non-hydrogen) atoms. The second-order valence-corrected chi connectivity index (χ2v) is 6.43. The standard InChI is InChI=1S/C21H20N4O2/c26-20-10-9-17(16-25(20)18-6-2-1-3-7-18)21(27)24-14-12-23(13-15-24)19-8-4-5-11-22-19/h1-11,16H,12-15H2. The fraction of sp³-hybridized carbons (Fsp3) is 0.190. The number of nitrogens with zero attached hydrogens (tertiary/aromatic N) is 4. The SMILES string of the molecule is O=C(c1ccc(=O)n(-c2ccccc2)c1)N1CCN(c2ccccn2)CC1. The molecule has 2 aromatic heterocycles. The van der Waals surface area contributed by atoms with Crippen molar-refractivity contribution in [2.24, 2.45) is 0 Å². The summed E-state index contributed by atoms with van der Waals surface area (Å²) in [5.41, 5.74) is 1.11. The van der Waals surface area contributed by atoms with E-state index in [-0.39, 0.29) is 11.5 Å². The Morgan fingerprint density at radius 2 is 1.59 bits per heavy atom. The van der Waals surface area contributed by atoms with E-state index in [0.717, 1.165) is 24.6 Å². The van der Waals surface area contributed by atoms with Crippen LogP contribution < -0.4 is 10.5 Å². The molecule has 0 unspecified atom stereocenters. The molecule has 0 spiro atoms. The monoisotopic (exact) mass is 360 g/mol. The lowest BCUT2D eigenvalue weighted by atomic mass is 10.2. The summed E-state index contributed by atoms with van der Waals surface area (Å²) in [6.45, 7) is 2.72. The molecule has 1 fully saturated rings. The van der Waals surface area contributed by atoms with E-state index in [2.05, 4.69) is 9.88 Å². The Morgan fingerprint density at radius 1 is 0.852 bits per heavy atom. The van der Waals surface area contributed by atoms with Gasteiger partial charge in [0, 0.05) is 50.3 Å².